The number of hydrogen-bond acceptors (Lipinski definition) is 4. The molecule has 0 amide bonds. The minimum Gasteiger partial charge on any atom is -0.300 e. The molecule has 2 saturated carbocycles. The molecule has 1 aromatic heterocycles. The fourth-order valence-corrected chi connectivity index (χ4v) is 9.28. The topological polar surface area (TPSA) is 55.2 Å². The number of benzene rings is 1. The molecule has 2 aliphatic heterocycles. The highest BCUT2D eigenvalue weighted by atomic mass is 32.2. The Morgan fingerprint density at radius 1 is 1.12 bits per heavy atom. The summed E-state index contributed by atoms with van der Waals surface area (Å²) >= 11 is 0. The highest BCUT2D eigenvalue weighted by molar-refractivity contribution is 7.92. The molecule has 3 heterocycles. The zero-order chi connectivity index (χ0) is 24.0. The number of fused-ring (bicyclic) bond motifs is 1. The Morgan fingerprint density at radius 2 is 1.82 bits per heavy atom. The molecular weight excluding hydrogens is 463 g/mol. The predicted molar refractivity (Wildman–Crippen MR) is 123 cm³/mol. The van der Waals surface area contributed by atoms with Crippen LogP contribution in [-0.2, 0) is 16.0 Å². The number of halogens is 3. The van der Waals surface area contributed by atoms with Crippen LogP contribution < -0.4 is 0 Å². The zero-order valence-electron chi connectivity index (χ0n) is 19.4. The standard InChI is InChI=1S/C25H30F3N3O2S/c1-15(2)31-22(11-21(29-31)16-4-3-5-17(8-16)25(26,27)28)23-19-9-18(10-20(19)23)30-7-6-24(12-30)13-34(32,33)14-24/h3-5,8,11,15,18-20,23H,6-7,9-10,12-14H2,1-2H3/t18?,19-,20+,23?. The van der Waals surface area contributed by atoms with E-state index < -0.39 is 21.6 Å². The van der Waals surface area contributed by atoms with Crippen molar-refractivity contribution in [3.8, 4) is 11.3 Å². The number of alkyl halides is 3. The van der Waals surface area contributed by atoms with E-state index in [0.29, 0.717) is 46.6 Å². The van der Waals surface area contributed by atoms with Crippen LogP contribution in [-0.4, -0.2) is 53.7 Å². The fraction of sp³-hybridized carbons (Fsp3) is 0.640. The molecule has 1 aromatic carbocycles. The maximum absolute atomic E-state index is 13.2. The number of likely N-dealkylation sites (tertiary alicyclic amines) is 1. The van der Waals surface area contributed by atoms with E-state index >= 15 is 0 Å². The third-order valence-electron chi connectivity index (χ3n) is 8.54. The molecule has 2 aromatic rings. The predicted octanol–water partition coefficient (Wildman–Crippen LogP) is 4.76. The van der Waals surface area contributed by atoms with E-state index in [-0.39, 0.29) is 11.5 Å². The van der Waals surface area contributed by atoms with Crippen LogP contribution in [0.25, 0.3) is 11.3 Å². The molecule has 5 nitrogen and oxygen atoms in total. The molecule has 2 aliphatic carbocycles. The van der Waals surface area contributed by atoms with Crippen molar-refractivity contribution >= 4 is 9.84 Å². The molecule has 9 heteroatoms. The summed E-state index contributed by atoms with van der Waals surface area (Å²) in [6.07, 6.45) is -1.16. The lowest BCUT2D eigenvalue weighted by Gasteiger charge is -2.38. The minimum absolute atomic E-state index is 0.00112. The van der Waals surface area contributed by atoms with Gasteiger partial charge in [-0.1, -0.05) is 12.1 Å². The summed E-state index contributed by atoms with van der Waals surface area (Å²) in [5.41, 5.74) is 1.58. The molecule has 2 saturated heterocycles. The maximum atomic E-state index is 13.2. The van der Waals surface area contributed by atoms with Gasteiger partial charge in [0.15, 0.2) is 9.84 Å². The normalized spacial score (nSPS) is 31.7. The quantitative estimate of drug-likeness (QED) is 0.616. The summed E-state index contributed by atoms with van der Waals surface area (Å²) in [5.74, 6) is 2.27. The SMILES string of the molecule is CC(C)n1nc(-c2cccc(C(F)(F)F)c2)cc1C1[C@H]2CC(N3CCC4(C3)CS(=O)(=O)C4)C[C@@H]12. The molecule has 2 unspecified atom stereocenters. The molecule has 0 radical (unpaired) electrons. The highest BCUT2D eigenvalue weighted by Crippen LogP contribution is 2.64. The molecule has 184 valence electrons. The van der Waals surface area contributed by atoms with E-state index in [9.17, 15) is 21.6 Å². The molecule has 4 aliphatic rings. The van der Waals surface area contributed by atoms with Crippen LogP contribution in [0.4, 0.5) is 13.2 Å². The second-order valence-electron chi connectivity index (χ2n) is 11.3. The molecule has 4 atom stereocenters. The third-order valence-corrected chi connectivity index (χ3v) is 10.6. The summed E-state index contributed by atoms with van der Waals surface area (Å²) in [7, 11) is -2.81. The molecule has 6 rings (SSSR count). The summed E-state index contributed by atoms with van der Waals surface area (Å²) in [5, 5.41) is 4.72. The van der Waals surface area contributed by atoms with Crippen molar-refractivity contribution < 1.29 is 21.6 Å². The second-order valence-corrected chi connectivity index (χ2v) is 13.4. The van der Waals surface area contributed by atoms with Crippen LogP contribution in [0.3, 0.4) is 0 Å². The summed E-state index contributed by atoms with van der Waals surface area (Å²) in [6.45, 7) is 6.02. The fourth-order valence-electron chi connectivity index (χ4n) is 7.02. The average Bonchev–Trinajstić information content (AvgIpc) is 3.18. The summed E-state index contributed by atoms with van der Waals surface area (Å²) < 4.78 is 65.0. The largest absolute Gasteiger partial charge is 0.416 e. The molecule has 34 heavy (non-hydrogen) atoms. The number of nitrogens with zero attached hydrogens (tertiary/aromatic N) is 3. The van der Waals surface area contributed by atoms with E-state index in [2.05, 4.69) is 18.7 Å². The number of aromatic nitrogens is 2. The first-order valence-electron chi connectivity index (χ1n) is 12.2. The van der Waals surface area contributed by atoms with Gasteiger partial charge in [0, 0.05) is 41.2 Å². The van der Waals surface area contributed by atoms with E-state index in [1.54, 1.807) is 6.07 Å². The van der Waals surface area contributed by atoms with Crippen molar-refractivity contribution in [3.05, 3.63) is 41.6 Å². The van der Waals surface area contributed by atoms with Crippen LogP contribution in [0.15, 0.2) is 30.3 Å². The van der Waals surface area contributed by atoms with Gasteiger partial charge in [0.25, 0.3) is 0 Å². The van der Waals surface area contributed by atoms with Gasteiger partial charge in [0.05, 0.1) is 22.8 Å². The molecule has 0 bridgehead atoms. The molecule has 1 spiro atoms. The molecule has 0 N–H and O–H groups in total. The first-order valence-corrected chi connectivity index (χ1v) is 14.0. The van der Waals surface area contributed by atoms with Gasteiger partial charge in [0.1, 0.15) is 0 Å². The lowest BCUT2D eigenvalue weighted by atomic mass is 9.91. The van der Waals surface area contributed by atoms with Crippen molar-refractivity contribution in [2.24, 2.45) is 17.3 Å². The van der Waals surface area contributed by atoms with Crippen molar-refractivity contribution in [2.45, 2.75) is 57.3 Å². The van der Waals surface area contributed by atoms with Crippen molar-refractivity contribution in [2.75, 3.05) is 24.6 Å². The van der Waals surface area contributed by atoms with Gasteiger partial charge in [-0.15, -0.1) is 0 Å². The molecule has 4 fully saturated rings. The Labute approximate surface area is 198 Å². The number of sulfone groups is 1. The Morgan fingerprint density at radius 3 is 2.44 bits per heavy atom. The van der Waals surface area contributed by atoms with Gasteiger partial charge in [-0.25, -0.2) is 8.42 Å². The second kappa shape index (κ2) is 7.32. The van der Waals surface area contributed by atoms with Crippen molar-refractivity contribution in [1.82, 2.24) is 14.7 Å². The monoisotopic (exact) mass is 493 g/mol. The molecular formula is C25H30F3N3O2S. The number of hydrogen-bond donors (Lipinski definition) is 0. The summed E-state index contributed by atoms with van der Waals surface area (Å²) in [4.78, 5) is 2.52. The zero-order valence-corrected chi connectivity index (χ0v) is 20.2. The van der Waals surface area contributed by atoms with Crippen molar-refractivity contribution in [3.63, 3.8) is 0 Å². The lowest BCUT2D eigenvalue weighted by molar-refractivity contribution is -0.137. The van der Waals surface area contributed by atoms with E-state index in [0.717, 1.165) is 44.1 Å². The van der Waals surface area contributed by atoms with Gasteiger partial charge in [0.2, 0.25) is 0 Å². The van der Waals surface area contributed by atoms with Crippen LogP contribution in [0, 0.1) is 17.3 Å². The smallest absolute Gasteiger partial charge is 0.300 e. The lowest BCUT2D eigenvalue weighted by Crippen LogP contribution is -2.50. The van der Waals surface area contributed by atoms with Gasteiger partial charge in [-0.05, 0) is 69.7 Å². The minimum atomic E-state index is -4.38. The van der Waals surface area contributed by atoms with Crippen LogP contribution in [0.1, 0.15) is 56.3 Å². The van der Waals surface area contributed by atoms with Crippen LogP contribution in [0.2, 0.25) is 0 Å². The van der Waals surface area contributed by atoms with Crippen molar-refractivity contribution in [1.29, 1.82) is 0 Å². The van der Waals surface area contributed by atoms with Crippen LogP contribution in [0.5, 0.6) is 0 Å². The van der Waals surface area contributed by atoms with E-state index in [1.807, 2.05) is 10.7 Å². The average molecular weight is 494 g/mol. The maximum Gasteiger partial charge on any atom is 0.416 e. The Balaban J connectivity index is 1.17. The van der Waals surface area contributed by atoms with Crippen LogP contribution >= 0.6 is 0 Å². The van der Waals surface area contributed by atoms with Gasteiger partial charge in [-0.2, -0.15) is 18.3 Å². The van der Waals surface area contributed by atoms with E-state index in [1.165, 1.54) is 12.1 Å². The Kier molecular flexibility index (Phi) is 4.86. The highest BCUT2D eigenvalue weighted by Gasteiger charge is 2.60. The van der Waals surface area contributed by atoms with Gasteiger partial charge < -0.3 is 0 Å². The first kappa shape index (κ1) is 22.6. The van der Waals surface area contributed by atoms with Gasteiger partial charge >= 0.3 is 6.18 Å². The van der Waals surface area contributed by atoms with Gasteiger partial charge in [-0.3, -0.25) is 9.58 Å². The Hall–Kier alpha value is -1.87. The van der Waals surface area contributed by atoms with E-state index in [4.69, 9.17) is 5.10 Å². The first-order chi connectivity index (χ1) is 15.9. The third kappa shape index (κ3) is 3.70. The Bertz CT molecular complexity index is 1210. The summed E-state index contributed by atoms with van der Waals surface area (Å²) in [6, 6.07) is 8.06. The number of rotatable bonds is 4.